The summed E-state index contributed by atoms with van der Waals surface area (Å²) in [6.45, 7) is 4.54. The lowest BCUT2D eigenvalue weighted by Crippen LogP contribution is -2.06. The van der Waals surface area contributed by atoms with Crippen LogP contribution < -0.4 is 0 Å². The van der Waals surface area contributed by atoms with E-state index in [1.807, 2.05) is 18.3 Å². The maximum absolute atomic E-state index is 4.61. The van der Waals surface area contributed by atoms with E-state index < -0.39 is 0 Å². The van der Waals surface area contributed by atoms with Crippen LogP contribution in [0.3, 0.4) is 0 Å². The van der Waals surface area contributed by atoms with E-state index in [1.54, 1.807) is 24.2 Å². The zero-order valence-corrected chi connectivity index (χ0v) is 16.6. The predicted octanol–water partition coefficient (Wildman–Crippen LogP) is 4.95. The summed E-state index contributed by atoms with van der Waals surface area (Å²) in [5.74, 6) is 3.06. The third-order valence-electron chi connectivity index (χ3n) is 5.01. The summed E-state index contributed by atoms with van der Waals surface area (Å²) in [5, 5.41) is 9.85. The second-order valence-corrected chi connectivity index (χ2v) is 8.38. The molecule has 1 saturated carbocycles. The smallest absolute Gasteiger partial charge is 0.192 e. The summed E-state index contributed by atoms with van der Waals surface area (Å²) in [6, 6.07) is 4.51. The molecule has 6 heteroatoms. The molecule has 0 spiro atoms. The van der Waals surface area contributed by atoms with Gasteiger partial charge in [-0.05, 0) is 49.3 Å². The summed E-state index contributed by atoms with van der Waals surface area (Å²) in [5.41, 5.74) is 2.13. The van der Waals surface area contributed by atoms with Gasteiger partial charge in [-0.15, -0.1) is 10.2 Å². The Morgan fingerprint density at radius 2 is 2.07 bits per heavy atom. The van der Waals surface area contributed by atoms with Crippen molar-refractivity contribution in [2.45, 2.75) is 44.3 Å². The lowest BCUT2D eigenvalue weighted by molar-refractivity contribution is 0.466. The number of hydrogen-bond acceptors (Lipinski definition) is 5. The Balaban J connectivity index is 1.40. The van der Waals surface area contributed by atoms with E-state index in [4.69, 9.17) is 0 Å². The molecule has 0 radical (unpaired) electrons. The summed E-state index contributed by atoms with van der Waals surface area (Å²) in [7, 11) is 0. The molecule has 4 rings (SSSR count). The van der Waals surface area contributed by atoms with Gasteiger partial charge in [-0.25, -0.2) is 0 Å². The van der Waals surface area contributed by atoms with Crippen molar-refractivity contribution < 1.29 is 0 Å². The molecule has 0 aliphatic heterocycles. The molecule has 2 aromatic heterocycles. The van der Waals surface area contributed by atoms with Crippen molar-refractivity contribution in [1.82, 2.24) is 19.7 Å². The fraction of sp³-hybridized carbons (Fsp3) is 0.429. The molecule has 27 heavy (non-hydrogen) atoms. The zero-order chi connectivity index (χ0) is 18.6. The second kappa shape index (κ2) is 8.21. The number of allylic oxidation sites excluding steroid dienone is 3. The van der Waals surface area contributed by atoms with E-state index in [-0.39, 0.29) is 0 Å². The molecular formula is C21H25N5S. The minimum atomic E-state index is 0.527. The largest absolute Gasteiger partial charge is 0.299 e. The highest BCUT2D eigenvalue weighted by Crippen LogP contribution is 2.40. The Bertz CT molecular complexity index is 862. The van der Waals surface area contributed by atoms with Gasteiger partial charge in [0.05, 0.1) is 5.70 Å². The van der Waals surface area contributed by atoms with Gasteiger partial charge in [0, 0.05) is 36.0 Å². The van der Waals surface area contributed by atoms with E-state index in [0.29, 0.717) is 17.9 Å². The van der Waals surface area contributed by atoms with E-state index in [0.717, 1.165) is 34.4 Å². The molecule has 140 valence electrons. The number of thioether (sulfide) groups is 1. The minimum absolute atomic E-state index is 0.527. The fourth-order valence-corrected chi connectivity index (χ4v) is 3.98. The summed E-state index contributed by atoms with van der Waals surface area (Å²) >= 11 is 1.70. The second-order valence-electron chi connectivity index (χ2n) is 7.40. The molecule has 5 nitrogen and oxygen atoms in total. The molecule has 0 amide bonds. The molecule has 2 heterocycles. The fourth-order valence-electron chi connectivity index (χ4n) is 3.21. The molecule has 0 aromatic carbocycles. The average molecular weight is 380 g/mol. The lowest BCUT2D eigenvalue weighted by Gasteiger charge is -2.17. The Hall–Kier alpha value is -2.21. The Labute approximate surface area is 164 Å². The number of aromatic nitrogens is 4. The van der Waals surface area contributed by atoms with Crippen LogP contribution >= 0.6 is 11.8 Å². The van der Waals surface area contributed by atoms with Crippen molar-refractivity contribution in [2.75, 3.05) is 5.75 Å². The lowest BCUT2D eigenvalue weighted by atomic mass is 9.89. The summed E-state index contributed by atoms with van der Waals surface area (Å²) in [6.07, 6.45) is 15.7. The van der Waals surface area contributed by atoms with Crippen LogP contribution in [0.25, 0.3) is 11.4 Å². The third kappa shape index (κ3) is 4.38. The van der Waals surface area contributed by atoms with Crippen LogP contribution in [-0.2, 0) is 0 Å². The molecule has 0 saturated heterocycles. The first-order valence-electron chi connectivity index (χ1n) is 9.61. The van der Waals surface area contributed by atoms with Crippen LogP contribution in [0.5, 0.6) is 0 Å². The number of pyridine rings is 1. The first-order chi connectivity index (χ1) is 13.2. The number of rotatable bonds is 7. The van der Waals surface area contributed by atoms with Crippen LogP contribution in [0.4, 0.5) is 0 Å². The quantitative estimate of drug-likeness (QED) is 0.504. The van der Waals surface area contributed by atoms with Gasteiger partial charge in [-0.1, -0.05) is 37.8 Å². The molecule has 1 unspecified atom stereocenters. The Kier molecular flexibility index (Phi) is 5.53. The number of aliphatic imine (C=N–C) groups is 1. The number of hydrogen-bond donors (Lipinski definition) is 0. The van der Waals surface area contributed by atoms with Crippen LogP contribution in [0.1, 0.15) is 39.2 Å². The Morgan fingerprint density at radius 3 is 2.74 bits per heavy atom. The van der Waals surface area contributed by atoms with Crippen molar-refractivity contribution in [3.05, 3.63) is 48.5 Å². The van der Waals surface area contributed by atoms with Crippen molar-refractivity contribution in [3.8, 4) is 11.4 Å². The zero-order valence-electron chi connectivity index (χ0n) is 15.8. The SMILES string of the molecule is CC(C)C1C=CC(N=CCSc2nnc(-c3ccncc3)n2C2CC2)=CC1. The van der Waals surface area contributed by atoms with Gasteiger partial charge < -0.3 is 0 Å². The summed E-state index contributed by atoms with van der Waals surface area (Å²) < 4.78 is 2.28. The maximum Gasteiger partial charge on any atom is 0.192 e. The molecule has 1 fully saturated rings. The third-order valence-corrected chi connectivity index (χ3v) is 5.86. The van der Waals surface area contributed by atoms with Gasteiger partial charge in [0.2, 0.25) is 0 Å². The van der Waals surface area contributed by atoms with Crippen molar-refractivity contribution in [2.24, 2.45) is 16.8 Å². The van der Waals surface area contributed by atoms with Crippen molar-refractivity contribution >= 4 is 18.0 Å². The Morgan fingerprint density at radius 1 is 1.26 bits per heavy atom. The normalized spacial score (nSPS) is 19.8. The van der Waals surface area contributed by atoms with Crippen molar-refractivity contribution in [3.63, 3.8) is 0 Å². The molecular weight excluding hydrogens is 354 g/mol. The van der Waals surface area contributed by atoms with Crippen LogP contribution in [0.15, 0.2) is 58.6 Å². The van der Waals surface area contributed by atoms with E-state index >= 15 is 0 Å². The molecule has 1 atom stereocenters. The maximum atomic E-state index is 4.61. The number of nitrogens with zero attached hydrogens (tertiary/aromatic N) is 5. The van der Waals surface area contributed by atoms with E-state index in [9.17, 15) is 0 Å². The van der Waals surface area contributed by atoms with Gasteiger partial charge in [0.25, 0.3) is 0 Å². The molecule has 0 bridgehead atoms. The highest BCUT2D eigenvalue weighted by molar-refractivity contribution is 7.99. The molecule has 2 aliphatic carbocycles. The van der Waals surface area contributed by atoms with Crippen LogP contribution in [-0.4, -0.2) is 31.7 Å². The minimum Gasteiger partial charge on any atom is -0.299 e. The van der Waals surface area contributed by atoms with E-state index in [1.165, 1.54) is 12.8 Å². The first kappa shape index (κ1) is 18.2. The standard InChI is InChI=1S/C21H25N5S/c1-15(2)16-3-5-18(6-4-16)23-13-14-27-21-25-24-20(26(21)19-7-8-19)17-9-11-22-12-10-17/h3,5-6,9-13,15-16,19H,4,7-8,14H2,1-2H3. The van der Waals surface area contributed by atoms with Crippen LogP contribution in [0.2, 0.25) is 0 Å². The summed E-state index contributed by atoms with van der Waals surface area (Å²) in [4.78, 5) is 8.71. The topological polar surface area (TPSA) is 56.0 Å². The molecule has 2 aliphatic rings. The van der Waals surface area contributed by atoms with E-state index in [2.05, 4.69) is 56.8 Å². The van der Waals surface area contributed by atoms with Crippen LogP contribution in [0, 0.1) is 11.8 Å². The van der Waals surface area contributed by atoms with Gasteiger partial charge in [-0.2, -0.15) is 0 Å². The molecule has 0 N–H and O–H groups in total. The predicted molar refractivity (Wildman–Crippen MR) is 111 cm³/mol. The van der Waals surface area contributed by atoms with Gasteiger partial charge in [0.15, 0.2) is 11.0 Å². The molecule has 2 aromatic rings. The van der Waals surface area contributed by atoms with Gasteiger partial charge >= 0.3 is 0 Å². The van der Waals surface area contributed by atoms with Gasteiger partial charge in [-0.3, -0.25) is 14.5 Å². The first-order valence-corrected chi connectivity index (χ1v) is 10.6. The highest BCUT2D eigenvalue weighted by atomic mass is 32.2. The van der Waals surface area contributed by atoms with Gasteiger partial charge in [0.1, 0.15) is 0 Å². The average Bonchev–Trinajstić information content (AvgIpc) is 3.45. The monoisotopic (exact) mass is 379 g/mol. The highest BCUT2D eigenvalue weighted by Gasteiger charge is 2.30. The van der Waals surface area contributed by atoms with Crippen molar-refractivity contribution in [1.29, 1.82) is 0 Å².